The van der Waals surface area contributed by atoms with Crippen molar-refractivity contribution >= 4 is 23.4 Å². The zero-order valence-corrected chi connectivity index (χ0v) is 14.7. The van der Waals surface area contributed by atoms with Gasteiger partial charge in [-0.15, -0.1) is 0 Å². The fraction of sp³-hybridized carbons (Fsp3) is 0.167. The van der Waals surface area contributed by atoms with Crippen molar-refractivity contribution in [3.05, 3.63) is 64.9 Å². The number of aromatic nitrogens is 3. The Labute approximate surface area is 150 Å². The highest BCUT2D eigenvalue weighted by atomic mass is 35.5. The quantitative estimate of drug-likeness (QED) is 0.740. The fourth-order valence-corrected chi connectivity index (χ4v) is 2.57. The maximum atomic E-state index is 12.4. The van der Waals surface area contributed by atoms with Gasteiger partial charge in [0.15, 0.2) is 0 Å². The molecule has 7 heteroatoms. The number of nitrogens with one attached hydrogen (secondary N) is 2. The zero-order chi connectivity index (χ0) is 17.8. The minimum atomic E-state index is -0.219. The number of carbonyl (C=O) groups is 1. The largest absolute Gasteiger partial charge is 0.323 e. The molecule has 2 heterocycles. The number of pyridine rings is 1. The first-order valence-corrected chi connectivity index (χ1v) is 8.14. The number of benzene rings is 1. The lowest BCUT2D eigenvalue weighted by atomic mass is 10.1. The molecule has 0 spiro atoms. The van der Waals surface area contributed by atoms with E-state index in [1.165, 1.54) is 0 Å². The topological polar surface area (TPSA) is 73.9 Å². The first-order valence-electron chi connectivity index (χ1n) is 7.76. The maximum absolute atomic E-state index is 12.4. The third-order valence-corrected chi connectivity index (χ3v) is 4.13. The molecule has 1 aromatic carbocycles. The van der Waals surface area contributed by atoms with Crippen molar-refractivity contribution in [1.29, 1.82) is 0 Å². The van der Waals surface area contributed by atoms with Crippen molar-refractivity contribution in [2.75, 3.05) is 12.4 Å². The van der Waals surface area contributed by atoms with Crippen LogP contribution in [0, 0.1) is 6.92 Å². The van der Waals surface area contributed by atoms with Crippen molar-refractivity contribution in [2.24, 2.45) is 0 Å². The normalized spacial score (nSPS) is 10.5. The minimum Gasteiger partial charge on any atom is -0.323 e. The van der Waals surface area contributed by atoms with E-state index >= 15 is 0 Å². The molecule has 3 rings (SSSR count). The molecule has 0 unspecified atom stereocenters. The summed E-state index contributed by atoms with van der Waals surface area (Å²) in [4.78, 5) is 18.0. The minimum absolute atomic E-state index is 0.219. The Kier molecular flexibility index (Phi) is 5.00. The Bertz CT molecular complexity index is 861. The Hall–Kier alpha value is -2.86. The Balaban J connectivity index is 1.68. The molecule has 0 fully saturated rings. The zero-order valence-electron chi connectivity index (χ0n) is 14.0. The second kappa shape index (κ2) is 7.36. The lowest BCUT2D eigenvalue weighted by Crippen LogP contribution is -2.31. The number of H-pyrrole nitrogens is 1. The van der Waals surface area contributed by atoms with Gasteiger partial charge in [-0.25, -0.2) is 4.79 Å². The molecule has 128 valence electrons. The molecular formula is C18H18ClN5O. The van der Waals surface area contributed by atoms with Crippen LogP contribution in [-0.4, -0.2) is 33.2 Å². The van der Waals surface area contributed by atoms with E-state index in [9.17, 15) is 4.79 Å². The lowest BCUT2D eigenvalue weighted by molar-refractivity contribution is 0.220. The predicted octanol–water partition coefficient (Wildman–Crippen LogP) is 4.10. The molecule has 0 radical (unpaired) electrons. The average molecular weight is 356 g/mol. The Morgan fingerprint density at radius 1 is 1.20 bits per heavy atom. The number of rotatable bonds is 4. The van der Waals surface area contributed by atoms with Gasteiger partial charge in [-0.1, -0.05) is 23.7 Å². The molecule has 0 aliphatic carbocycles. The van der Waals surface area contributed by atoms with Gasteiger partial charge in [-0.2, -0.15) is 5.10 Å². The summed E-state index contributed by atoms with van der Waals surface area (Å²) < 4.78 is 0. The van der Waals surface area contributed by atoms with E-state index < -0.39 is 0 Å². The summed E-state index contributed by atoms with van der Waals surface area (Å²) in [6.45, 7) is 2.39. The smallest absolute Gasteiger partial charge is 0.323 e. The van der Waals surface area contributed by atoms with Crippen LogP contribution in [0.5, 0.6) is 0 Å². The number of urea groups is 1. The van der Waals surface area contributed by atoms with Gasteiger partial charge in [0.25, 0.3) is 0 Å². The number of hydrogen-bond acceptors (Lipinski definition) is 3. The summed E-state index contributed by atoms with van der Waals surface area (Å²) >= 11 is 5.88. The van der Waals surface area contributed by atoms with Gasteiger partial charge in [0.1, 0.15) is 5.82 Å². The van der Waals surface area contributed by atoms with E-state index in [-0.39, 0.29) is 6.03 Å². The van der Waals surface area contributed by atoms with E-state index in [0.29, 0.717) is 17.4 Å². The van der Waals surface area contributed by atoms with Crippen LogP contribution in [0.2, 0.25) is 5.02 Å². The summed E-state index contributed by atoms with van der Waals surface area (Å²) in [5, 5.41) is 10.7. The van der Waals surface area contributed by atoms with Crippen LogP contribution in [-0.2, 0) is 6.54 Å². The molecule has 0 aliphatic heterocycles. The van der Waals surface area contributed by atoms with Gasteiger partial charge >= 0.3 is 6.03 Å². The van der Waals surface area contributed by atoms with Crippen LogP contribution in [0.15, 0.2) is 48.8 Å². The summed E-state index contributed by atoms with van der Waals surface area (Å²) in [5.74, 6) is 0.583. The number of halogens is 1. The van der Waals surface area contributed by atoms with Crippen LogP contribution < -0.4 is 5.32 Å². The van der Waals surface area contributed by atoms with E-state index in [1.54, 1.807) is 24.3 Å². The summed E-state index contributed by atoms with van der Waals surface area (Å²) in [7, 11) is 1.74. The van der Waals surface area contributed by atoms with E-state index in [4.69, 9.17) is 11.6 Å². The highest BCUT2D eigenvalue weighted by Crippen LogP contribution is 2.25. The first kappa shape index (κ1) is 17.0. The van der Waals surface area contributed by atoms with Gasteiger partial charge < -0.3 is 4.90 Å². The molecule has 2 N–H and O–H groups in total. The van der Waals surface area contributed by atoms with Crippen LogP contribution in [0.3, 0.4) is 0 Å². The van der Waals surface area contributed by atoms with Gasteiger partial charge in [0, 0.05) is 42.1 Å². The van der Waals surface area contributed by atoms with Crippen molar-refractivity contribution in [3.63, 3.8) is 0 Å². The SMILES string of the molecule is Cc1c(-c2ccncc2)n[nH]c1NC(=O)N(C)Cc1ccc(Cl)cc1. The monoisotopic (exact) mass is 355 g/mol. The molecule has 0 saturated carbocycles. The summed E-state index contributed by atoms with van der Waals surface area (Å²) in [6, 6.07) is 10.9. The highest BCUT2D eigenvalue weighted by molar-refractivity contribution is 6.30. The number of amides is 2. The molecule has 0 saturated heterocycles. The van der Waals surface area contributed by atoms with E-state index in [0.717, 1.165) is 22.4 Å². The van der Waals surface area contributed by atoms with Gasteiger partial charge in [0.2, 0.25) is 0 Å². The van der Waals surface area contributed by atoms with Gasteiger partial charge in [-0.05, 0) is 36.8 Å². The van der Waals surface area contributed by atoms with Crippen LogP contribution in [0.25, 0.3) is 11.3 Å². The molecular weight excluding hydrogens is 338 g/mol. The number of nitrogens with zero attached hydrogens (tertiary/aromatic N) is 3. The molecule has 2 amide bonds. The van der Waals surface area contributed by atoms with E-state index in [1.807, 2.05) is 43.3 Å². The first-order chi connectivity index (χ1) is 12.0. The molecule has 0 atom stereocenters. The standard InChI is InChI=1S/C18H18ClN5O/c1-12-16(14-7-9-20-10-8-14)22-23-17(12)21-18(25)24(2)11-13-3-5-15(19)6-4-13/h3-10H,11H2,1-2H3,(H2,21,22,23,25). The molecule has 6 nitrogen and oxygen atoms in total. The third-order valence-electron chi connectivity index (χ3n) is 3.88. The third kappa shape index (κ3) is 3.97. The van der Waals surface area contributed by atoms with Crippen molar-refractivity contribution < 1.29 is 4.79 Å². The fourth-order valence-electron chi connectivity index (χ4n) is 2.45. The van der Waals surface area contributed by atoms with Crippen molar-refractivity contribution in [2.45, 2.75) is 13.5 Å². The summed E-state index contributed by atoms with van der Waals surface area (Å²) in [5.41, 5.74) is 3.61. The van der Waals surface area contributed by atoms with Crippen LogP contribution >= 0.6 is 11.6 Å². The number of carbonyl (C=O) groups excluding carboxylic acids is 1. The number of hydrogen-bond donors (Lipinski definition) is 2. The second-order valence-corrected chi connectivity index (χ2v) is 6.16. The molecule has 0 aliphatic rings. The Morgan fingerprint density at radius 2 is 1.88 bits per heavy atom. The van der Waals surface area contributed by atoms with Crippen molar-refractivity contribution in [3.8, 4) is 11.3 Å². The summed E-state index contributed by atoms with van der Waals surface area (Å²) in [6.07, 6.45) is 3.42. The molecule has 25 heavy (non-hydrogen) atoms. The predicted molar refractivity (Wildman–Crippen MR) is 98.5 cm³/mol. The van der Waals surface area contributed by atoms with Crippen LogP contribution in [0.1, 0.15) is 11.1 Å². The van der Waals surface area contributed by atoms with E-state index in [2.05, 4.69) is 20.5 Å². The number of anilines is 1. The highest BCUT2D eigenvalue weighted by Gasteiger charge is 2.15. The number of aromatic amines is 1. The lowest BCUT2D eigenvalue weighted by Gasteiger charge is -2.17. The molecule has 2 aromatic heterocycles. The van der Waals surface area contributed by atoms with Crippen LogP contribution in [0.4, 0.5) is 10.6 Å². The van der Waals surface area contributed by atoms with Gasteiger partial charge in [0.05, 0.1) is 5.69 Å². The Morgan fingerprint density at radius 3 is 2.56 bits per heavy atom. The van der Waals surface area contributed by atoms with Gasteiger partial charge in [-0.3, -0.25) is 15.4 Å². The molecule has 3 aromatic rings. The van der Waals surface area contributed by atoms with Crippen molar-refractivity contribution in [1.82, 2.24) is 20.1 Å². The molecule has 0 bridgehead atoms. The average Bonchev–Trinajstić information content (AvgIpc) is 2.98. The second-order valence-electron chi connectivity index (χ2n) is 5.72. The maximum Gasteiger partial charge on any atom is 0.323 e.